The maximum atomic E-state index is 11.3. The van der Waals surface area contributed by atoms with E-state index in [1.165, 1.54) is 0 Å². The number of aliphatic hydroxyl groups excluding tert-OH is 2. The van der Waals surface area contributed by atoms with Crippen LogP contribution in [0.4, 0.5) is 0 Å². The zero-order valence-corrected chi connectivity index (χ0v) is 74.5. The van der Waals surface area contributed by atoms with Crippen LogP contribution in [0.2, 0.25) is 187 Å². The van der Waals surface area contributed by atoms with Crippen LogP contribution in [0.3, 0.4) is 0 Å². The Morgan fingerprint density at radius 2 is 0.637 bits per heavy atom. The van der Waals surface area contributed by atoms with Crippen LogP contribution in [0.25, 0.3) is 0 Å². The number of esters is 3. The zero-order chi connectivity index (χ0) is 72.2. The highest BCUT2D eigenvalue weighted by molar-refractivity contribution is 6.89. The van der Waals surface area contributed by atoms with E-state index < -0.39 is 92.9 Å². The van der Waals surface area contributed by atoms with E-state index in [-0.39, 0.29) is 44.3 Å². The largest absolute Gasteiger partial charge is 0.460 e. The number of hydrogen-bond donors (Lipinski definition) is 2. The van der Waals surface area contributed by atoms with Gasteiger partial charge in [-0.05, 0) is 240 Å². The van der Waals surface area contributed by atoms with E-state index in [0.717, 1.165) is 82.6 Å². The van der Waals surface area contributed by atoms with Crippen LogP contribution in [-0.4, -0.2) is 207 Å². The van der Waals surface area contributed by atoms with Crippen LogP contribution in [0.1, 0.15) is 52.9 Å². The third-order valence-corrected chi connectivity index (χ3v) is 46.8. The SMILES string of the molecule is C=C(C)C(=O)OCCOCCC[Si](C)(C)O[Si](C)(C)O[Si](C)(C)CCCO.C=C(C)C(=O)OCCOCCC[Si](C)(C)O[Si](C)(C)O[Si](C)(C)CCCO[Si](C)(C)C.C=CCOCCOC(=O)C(=C)C.CO.C[SiH](C)O[Si](C)(C)O[Si](C)(C)CCCO[Si](C)(C)C. The second-order valence-electron chi connectivity index (χ2n) is 29.2. The Balaban J connectivity index is -0.000000375. The van der Waals surface area contributed by atoms with Gasteiger partial charge in [0.1, 0.15) is 19.8 Å². The molecule has 0 aliphatic carbocycles. The molecule has 0 radical (unpaired) electrons. The van der Waals surface area contributed by atoms with E-state index in [1.54, 1.807) is 26.8 Å². The predicted octanol–water partition coefficient (Wildman–Crippen LogP) is 15.0. The molecule has 0 bridgehead atoms. The highest BCUT2D eigenvalue weighted by Crippen LogP contribution is 2.28. The van der Waals surface area contributed by atoms with Crippen LogP contribution >= 0.6 is 0 Å². The fourth-order valence-corrected chi connectivity index (χ4v) is 50.4. The summed E-state index contributed by atoms with van der Waals surface area (Å²) >= 11 is 0. The Kier molecular flexibility index (Phi) is 54.9. The minimum absolute atomic E-state index is 0.218. The average molecular weight is 1490 g/mol. The molecule has 0 unspecified atom stereocenters. The van der Waals surface area contributed by atoms with Crippen molar-refractivity contribution in [2.75, 3.05) is 86.4 Å². The van der Waals surface area contributed by atoms with Crippen molar-refractivity contribution in [2.45, 2.75) is 240 Å². The lowest BCUT2D eigenvalue weighted by atomic mass is 10.4. The van der Waals surface area contributed by atoms with Crippen molar-refractivity contribution in [3.05, 3.63) is 49.1 Å². The smallest absolute Gasteiger partial charge is 0.333 e. The molecule has 0 spiro atoms. The van der Waals surface area contributed by atoms with Crippen molar-refractivity contribution >= 4 is 111 Å². The number of aliphatic hydroxyl groups is 2. The third-order valence-electron chi connectivity index (χ3n) is 11.8. The standard InChI is InChI=1S/C21H48O6Si4.C18H40O6Si3.C12H34O3Si4.C9H14O3.CH4O/c1-20(2)21(22)24-17-16-23-14-12-18-29(6,7)26-31(10,11)27-30(8,9)19-13-15-25-28(3,4)5;1-17(2)18(20)22-14-13-21-12-10-16-26(5,6)24-27(7,8)23-25(3,4)15-9-11-19;1-16(2)14-19(8,9)15-18(6,7)12-10-11-13-17(3,4)5;1-4-5-11-6-7-12-9(10)8(2)3;1-2/h1,12-19H2,2-11H3;19H,1,9-16H2,2-8H3;16H,10-12H2,1-9H3;4H,1-2,5-7H2,3H3;2H,1H3. The van der Waals surface area contributed by atoms with Gasteiger partial charge >= 0.3 is 43.6 Å². The van der Waals surface area contributed by atoms with Crippen molar-refractivity contribution in [3.8, 4) is 0 Å². The molecule has 0 aliphatic heterocycles. The summed E-state index contributed by atoms with van der Waals surface area (Å²) in [6, 6.07) is 5.23. The first-order chi connectivity index (χ1) is 41.3. The lowest BCUT2D eigenvalue weighted by Crippen LogP contribution is -2.52. The Hall–Kier alpha value is -0.764. The molecule has 0 aromatic carbocycles. The van der Waals surface area contributed by atoms with Gasteiger partial charge in [-0.1, -0.05) is 25.8 Å². The maximum absolute atomic E-state index is 11.3. The summed E-state index contributed by atoms with van der Waals surface area (Å²) in [4.78, 5) is 33.3. The lowest BCUT2D eigenvalue weighted by Gasteiger charge is -2.39. The topological polar surface area (TPSA) is 221 Å². The lowest BCUT2D eigenvalue weighted by molar-refractivity contribution is -0.141. The molecule has 0 fully saturated rings. The molecular formula is C61H140O19Si11. The predicted molar refractivity (Wildman–Crippen MR) is 406 cm³/mol. The second-order valence-corrected chi connectivity index (χ2v) is 73.8. The molecule has 19 nitrogen and oxygen atoms in total. The van der Waals surface area contributed by atoms with Crippen molar-refractivity contribution in [3.63, 3.8) is 0 Å². The van der Waals surface area contributed by atoms with Crippen LogP contribution in [-0.2, 0) is 76.3 Å². The Morgan fingerprint density at radius 3 is 0.879 bits per heavy atom. The molecule has 91 heavy (non-hydrogen) atoms. The van der Waals surface area contributed by atoms with Crippen molar-refractivity contribution in [2.24, 2.45) is 0 Å². The Labute approximate surface area is 569 Å². The zero-order valence-electron chi connectivity index (χ0n) is 63.4. The Morgan fingerprint density at radius 1 is 0.385 bits per heavy atom. The summed E-state index contributed by atoms with van der Waals surface area (Å²) in [6.45, 7) is 77.9. The summed E-state index contributed by atoms with van der Waals surface area (Å²) < 4.78 is 81.6. The fraction of sp³-hybridized carbons (Fsp3) is 0.820. The first-order valence-electron chi connectivity index (χ1n) is 32.6. The van der Waals surface area contributed by atoms with Gasteiger partial charge in [-0.3, -0.25) is 0 Å². The van der Waals surface area contributed by atoms with Crippen LogP contribution in [0, 0.1) is 0 Å². The number of ether oxygens (including phenoxy) is 6. The number of carbonyl (C=O) groups excluding carboxylic acids is 3. The van der Waals surface area contributed by atoms with Gasteiger partial charge in [0.05, 0.1) is 26.4 Å². The van der Waals surface area contributed by atoms with Gasteiger partial charge in [0.15, 0.2) is 67.3 Å². The molecule has 2 N–H and O–H groups in total. The van der Waals surface area contributed by atoms with Crippen LogP contribution in [0.5, 0.6) is 0 Å². The van der Waals surface area contributed by atoms with E-state index >= 15 is 0 Å². The van der Waals surface area contributed by atoms with Gasteiger partial charge in [0.25, 0.3) is 0 Å². The molecule has 0 aliphatic rings. The summed E-state index contributed by atoms with van der Waals surface area (Å²) in [5, 5.41) is 16.1. The van der Waals surface area contributed by atoms with Crippen LogP contribution < -0.4 is 0 Å². The third kappa shape index (κ3) is 70.4. The van der Waals surface area contributed by atoms with Gasteiger partial charge < -0.3 is 72.2 Å². The van der Waals surface area contributed by atoms with Gasteiger partial charge in [0.2, 0.25) is 0 Å². The normalized spacial score (nSPS) is 12.6. The van der Waals surface area contributed by atoms with Crippen LogP contribution in [0.15, 0.2) is 49.1 Å². The molecule has 0 heterocycles. The molecule has 0 saturated carbocycles. The summed E-state index contributed by atoms with van der Waals surface area (Å²) in [5.41, 5.74) is 1.21. The summed E-state index contributed by atoms with van der Waals surface area (Å²) in [5.74, 6) is -1.12. The molecule has 0 aromatic heterocycles. The molecular weight excluding hydrogens is 1350 g/mol. The second kappa shape index (κ2) is 50.5. The van der Waals surface area contributed by atoms with Gasteiger partial charge in [0, 0.05) is 56.9 Å². The Bertz CT molecular complexity index is 1990. The van der Waals surface area contributed by atoms with E-state index in [0.29, 0.717) is 56.4 Å². The first-order valence-corrected chi connectivity index (χ1v) is 66.2. The number of rotatable bonds is 47. The van der Waals surface area contributed by atoms with E-state index in [2.05, 4.69) is 183 Å². The first kappa shape index (κ1) is 98.9. The van der Waals surface area contributed by atoms with Crippen molar-refractivity contribution in [1.29, 1.82) is 0 Å². The molecule has 542 valence electrons. The summed E-state index contributed by atoms with van der Waals surface area (Å²) in [6.07, 6.45) is 6.47. The fourth-order valence-electron chi connectivity index (χ4n) is 8.99. The average Bonchev–Trinajstić information content (AvgIpc) is 1.05. The van der Waals surface area contributed by atoms with Gasteiger partial charge in [-0.25, -0.2) is 14.4 Å². The van der Waals surface area contributed by atoms with E-state index in [9.17, 15) is 14.4 Å². The molecule has 0 atom stereocenters. The summed E-state index contributed by atoms with van der Waals surface area (Å²) in [7, 11) is -18.0. The molecule has 0 amide bonds. The highest BCUT2D eigenvalue weighted by Gasteiger charge is 2.41. The number of carbonyl (C=O) groups is 3. The highest BCUT2D eigenvalue weighted by atomic mass is 28.5. The monoisotopic (exact) mass is 1480 g/mol. The molecule has 0 rings (SSSR count). The molecule has 30 heteroatoms. The van der Waals surface area contributed by atoms with Crippen molar-refractivity contribution in [1.82, 2.24) is 0 Å². The number of hydrogen-bond acceptors (Lipinski definition) is 19. The van der Waals surface area contributed by atoms with Gasteiger partial charge in [-0.15, -0.1) is 6.58 Å². The minimum atomic E-state index is -2.19. The molecule has 0 saturated heterocycles. The molecule has 0 aromatic rings. The van der Waals surface area contributed by atoms with E-state index in [1.807, 2.05) is 0 Å². The van der Waals surface area contributed by atoms with Crippen molar-refractivity contribution < 1.29 is 86.6 Å². The van der Waals surface area contributed by atoms with E-state index in [4.69, 9.17) is 72.2 Å². The quantitative estimate of drug-likeness (QED) is 0.0144. The van der Waals surface area contributed by atoms with Gasteiger partial charge in [-0.2, -0.15) is 0 Å². The maximum Gasteiger partial charge on any atom is 0.333 e. The minimum Gasteiger partial charge on any atom is -0.460 e.